The molecule has 1 aromatic rings. The zero-order valence-electron chi connectivity index (χ0n) is 12.5. The Balaban J connectivity index is 2.15. The first-order chi connectivity index (χ1) is 8.95. The number of carbonyl (C=O) groups is 1. The summed E-state index contributed by atoms with van der Waals surface area (Å²) in [5.41, 5.74) is 0. The Morgan fingerprint density at radius 2 is 2.00 bits per heavy atom. The van der Waals surface area contributed by atoms with E-state index in [2.05, 4.69) is 27.0 Å². The Labute approximate surface area is 114 Å². The predicted octanol–water partition coefficient (Wildman–Crippen LogP) is 1.81. The van der Waals surface area contributed by atoms with Crippen molar-refractivity contribution in [2.75, 3.05) is 7.05 Å². The Bertz CT molecular complexity index is 462. The monoisotopic (exact) mass is 264 g/mol. The van der Waals surface area contributed by atoms with Crippen molar-refractivity contribution in [3.05, 3.63) is 11.6 Å². The van der Waals surface area contributed by atoms with Crippen LogP contribution in [-0.2, 0) is 11.8 Å². The fourth-order valence-corrected chi connectivity index (χ4v) is 2.90. The molecular weight excluding hydrogens is 240 g/mol. The first-order valence-corrected chi connectivity index (χ1v) is 7.06. The third-order valence-corrected chi connectivity index (χ3v) is 4.50. The molecule has 1 amide bonds. The average Bonchev–Trinajstić information content (AvgIpc) is 2.74. The van der Waals surface area contributed by atoms with Crippen molar-refractivity contribution in [1.29, 1.82) is 0 Å². The van der Waals surface area contributed by atoms with Gasteiger partial charge in [-0.1, -0.05) is 20.8 Å². The van der Waals surface area contributed by atoms with Gasteiger partial charge < -0.3 is 9.88 Å². The summed E-state index contributed by atoms with van der Waals surface area (Å²) in [5.74, 6) is 3.35. The first-order valence-electron chi connectivity index (χ1n) is 7.06. The van der Waals surface area contributed by atoms with Crippen molar-refractivity contribution in [2.45, 2.75) is 45.4 Å². The van der Waals surface area contributed by atoms with E-state index in [1.54, 1.807) is 7.05 Å². The normalized spacial score (nSPS) is 25.5. The number of carbonyl (C=O) groups excluding carboxylic acids is 1. The van der Waals surface area contributed by atoms with Crippen LogP contribution in [-0.4, -0.2) is 27.7 Å². The summed E-state index contributed by atoms with van der Waals surface area (Å²) < 4.78 is 2.08. The lowest BCUT2D eigenvalue weighted by molar-refractivity contribution is -0.124. The Morgan fingerprint density at radius 3 is 2.53 bits per heavy atom. The molecule has 0 saturated heterocycles. The number of hydrogen-bond donors (Lipinski definition) is 1. The third-order valence-electron chi connectivity index (χ3n) is 4.50. The maximum Gasteiger partial charge on any atom is 0.223 e. The average molecular weight is 264 g/mol. The number of hydrogen-bond acceptors (Lipinski definition) is 3. The molecule has 5 heteroatoms. The van der Waals surface area contributed by atoms with Gasteiger partial charge in [-0.3, -0.25) is 4.79 Å². The number of aromatic nitrogens is 3. The molecule has 0 spiro atoms. The van der Waals surface area contributed by atoms with Gasteiger partial charge in [0.15, 0.2) is 0 Å². The number of amides is 1. The SMILES string of the molecule is CNC(=O)C(C)C(C)c1nnc(C2CC(C)C2)n1C. The lowest BCUT2D eigenvalue weighted by Gasteiger charge is -2.31. The molecule has 1 saturated carbocycles. The predicted molar refractivity (Wildman–Crippen MR) is 73.8 cm³/mol. The molecule has 2 rings (SSSR count). The minimum Gasteiger partial charge on any atom is -0.359 e. The van der Waals surface area contributed by atoms with E-state index in [-0.39, 0.29) is 17.7 Å². The fraction of sp³-hybridized carbons (Fsp3) is 0.786. The van der Waals surface area contributed by atoms with Gasteiger partial charge in [-0.15, -0.1) is 10.2 Å². The van der Waals surface area contributed by atoms with Gasteiger partial charge in [-0.05, 0) is 18.8 Å². The largest absolute Gasteiger partial charge is 0.359 e. The zero-order chi connectivity index (χ0) is 14.2. The van der Waals surface area contributed by atoms with Crippen LogP contribution in [0.1, 0.15) is 57.1 Å². The van der Waals surface area contributed by atoms with Crippen LogP contribution < -0.4 is 5.32 Å². The highest BCUT2D eigenvalue weighted by atomic mass is 16.1. The van der Waals surface area contributed by atoms with Gasteiger partial charge in [0.25, 0.3) is 0 Å². The van der Waals surface area contributed by atoms with Crippen LogP contribution in [0.5, 0.6) is 0 Å². The minimum atomic E-state index is -0.0962. The zero-order valence-corrected chi connectivity index (χ0v) is 12.5. The molecule has 0 aromatic carbocycles. The van der Waals surface area contributed by atoms with Crippen molar-refractivity contribution in [3.63, 3.8) is 0 Å². The highest BCUT2D eigenvalue weighted by molar-refractivity contribution is 5.78. The van der Waals surface area contributed by atoms with E-state index in [1.165, 1.54) is 12.8 Å². The Hall–Kier alpha value is -1.39. The van der Waals surface area contributed by atoms with Crippen LogP contribution in [0.25, 0.3) is 0 Å². The van der Waals surface area contributed by atoms with E-state index in [1.807, 2.05) is 20.9 Å². The van der Waals surface area contributed by atoms with Crippen molar-refractivity contribution in [3.8, 4) is 0 Å². The van der Waals surface area contributed by atoms with Gasteiger partial charge in [0, 0.05) is 31.8 Å². The van der Waals surface area contributed by atoms with E-state index in [0.29, 0.717) is 5.92 Å². The molecule has 0 bridgehead atoms. The molecule has 2 unspecified atom stereocenters. The van der Waals surface area contributed by atoms with Crippen LogP contribution in [0.2, 0.25) is 0 Å². The molecule has 1 aromatic heterocycles. The van der Waals surface area contributed by atoms with Gasteiger partial charge in [-0.2, -0.15) is 0 Å². The van der Waals surface area contributed by atoms with Crippen LogP contribution in [0, 0.1) is 11.8 Å². The molecule has 1 aliphatic carbocycles. The second-order valence-electron chi connectivity index (χ2n) is 5.94. The van der Waals surface area contributed by atoms with Gasteiger partial charge >= 0.3 is 0 Å². The van der Waals surface area contributed by atoms with Crippen molar-refractivity contribution in [1.82, 2.24) is 20.1 Å². The molecule has 106 valence electrons. The maximum absolute atomic E-state index is 11.7. The molecule has 5 nitrogen and oxygen atoms in total. The second kappa shape index (κ2) is 5.31. The van der Waals surface area contributed by atoms with Crippen molar-refractivity contribution < 1.29 is 4.79 Å². The van der Waals surface area contributed by atoms with E-state index in [0.717, 1.165) is 17.6 Å². The van der Waals surface area contributed by atoms with Gasteiger partial charge in [0.05, 0.1) is 0 Å². The molecule has 2 atom stereocenters. The molecule has 1 fully saturated rings. The first kappa shape index (κ1) is 14.0. The quantitative estimate of drug-likeness (QED) is 0.902. The van der Waals surface area contributed by atoms with Crippen LogP contribution in [0.3, 0.4) is 0 Å². The second-order valence-corrected chi connectivity index (χ2v) is 5.94. The summed E-state index contributed by atoms with van der Waals surface area (Å²) >= 11 is 0. The topological polar surface area (TPSA) is 59.8 Å². The summed E-state index contributed by atoms with van der Waals surface area (Å²) in [6.45, 7) is 6.24. The van der Waals surface area contributed by atoms with Gasteiger partial charge in [0.1, 0.15) is 11.6 Å². The summed E-state index contributed by atoms with van der Waals surface area (Å²) in [6, 6.07) is 0. The van der Waals surface area contributed by atoms with E-state index < -0.39 is 0 Å². The molecule has 19 heavy (non-hydrogen) atoms. The fourth-order valence-electron chi connectivity index (χ4n) is 2.90. The van der Waals surface area contributed by atoms with Crippen LogP contribution in [0.4, 0.5) is 0 Å². The molecule has 0 aliphatic heterocycles. The highest BCUT2D eigenvalue weighted by Crippen LogP contribution is 2.40. The molecule has 1 heterocycles. The molecule has 0 radical (unpaired) electrons. The van der Waals surface area contributed by atoms with E-state index in [9.17, 15) is 4.79 Å². The van der Waals surface area contributed by atoms with E-state index >= 15 is 0 Å². The smallest absolute Gasteiger partial charge is 0.223 e. The number of nitrogens with zero attached hydrogens (tertiary/aromatic N) is 3. The summed E-state index contributed by atoms with van der Waals surface area (Å²) in [7, 11) is 3.68. The maximum atomic E-state index is 11.7. The van der Waals surface area contributed by atoms with Gasteiger partial charge in [-0.25, -0.2) is 0 Å². The molecular formula is C14H24N4O. The molecule has 1 aliphatic rings. The summed E-state index contributed by atoms with van der Waals surface area (Å²) in [6.07, 6.45) is 2.40. The van der Waals surface area contributed by atoms with Gasteiger partial charge in [0.2, 0.25) is 5.91 Å². The Morgan fingerprint density at radius 1 is 1.37 bits per heavy atom. The highest BCUT2D eigenvalue weighted by Gasteiger charge is 2.32. The number of nitrogens with one attached hydrogen (secondary N) is 1. The lowest BCUT2D eigenvalue weighted by Crippen LogP contribution is -2.30. The lowest BCUT2D eigenvalue weighted by atomic mass is 9.75. The third kappa shape index (κ3) is 2.51. The summed E-state index contributed by atoms with van der Waals surface area (Å²) in [4.78, 5) is 11.7. The Kier molecular flexibility index (Phi) is 3.92. The number of rotatable bonds is 4. The standard InChI is InChI=1S/C14H24N4O/c1-8-6-11(7-8)13-17-16-12(18(13)5)9(2)10(3)14(19)15-4/h8-11H,6-7H2,1-5H3,(H,15,19). The summed E-state index contributed by atoms with van der Waals surface area (Å²) in [5, 5.41) is 11.4. The van der Waals surface area contributed by atoms with Crippen LogP contribution in [0.15, 0.2) is 0 Å². The van der Waals surface area contributed by atoms with Crippen molar-refractivity contribution >= 4 is 5.91 Å². The minimum absolute atomic E-state index is 0.0503. The van der Waals surface area contributed by atoms with Crippen LogP contribution >= 0.6 is 0 Å². The molecule has 1 N–H and O–H groups in total. The van der Waals surface area contributed by atoms with Crippen molar-refractivity contribution in [2.24, 2.45) is 18.9 Å². The van der Waals surface area contributed by atoms with E-state index in [4.69, 9.17) is 0 Å².